The zero-order valence-electron chi connectivity index (χ0n) is 9.79. The maximum absolute atomic E-state index is 11.1. The van der Waals surface area contributed by atoms with Gasteiger partial charge in [-0.05, 0) is 25.1 Å². The minimum atomic E-state index is -0.956. The van der Waals surface area contributed by atoms with Crippen LogP contribution in [0.2, 0.25) is 0 Å². The highest BCUT2D eigenvalue weighted by molar-refractivity contribution is 5.77. The second kappa shape index (κ2) is 5.46. The first-order valence-electron chi connectivity index (χ1n) is 5.50. The Bertz CT molecular complexity index is 602. The number of hydrogen-bond acceptors (Lipinski definition) is 5. The van der Waals surface area contributed by atoms with Crippen molar-refractivity contribution in [2.24, 2.45) is 0 Å². The smallest absolute Gasteiger partial charge is 0.336 e. The summed E-state index contributed by atoms with van der Waals surface area (Å²) in [7, 11) is 0. The lowest BCUT2D eigenvalue weighted by Gasteiger charge is -2.13. The third-order valence-electron chi connectivity index (χ3n) is 2.29. The van der Waals surface area contributed by atoms with Gasteiger partial charge in [0.1, 0.15) is 11.3 Å². The van der Waals surface area contributed by atoms with Gasteiger partial charge < -0.3 is 13.9 Å². The normalized spacial score (nSPS) is 12.3. The van der Waals surface area contributed by atoms with Crippen molar-refractivity contribution in [1.29, 1.82) is 0 Å². The molecule has 94 valence electrons. The molecule has 1 unspecified atom stereocenters. The third-order valence-corrected chi connectivity index (χ3v) is 2.29. The van der Waals surface area contributed by atoms with Crippen LogP contribution in [0.25, 0.3) is 11.0 Å². The first-order valence-corrected chi connectivity index (χ1v) is 5.50. The Morgan fingerprint density at radius 3 is 2.83 bits per heavy atom. The largest absolute Gasteiger partial charge is 0.458 e. The lowest BCUT2D eigenvalue weighted by atomic mass is 10.2. The second-order valence-electron chi connectivity index (χ2n) is 3.53. The third kappa shape index (κ3) is 2.75. The molecule has 5 heteroatoms. The van der Waals surface area contributed by atoms with Crippen LogP contribution in [0.15, 0.2) is 39.5 Å². The van der Waals surface area contributed by atoms with E-state index in [4.69, 9.17) is 13.9 Å². The molecule has 0 N–H and O–H groups in total. The van der Waals surface area contributed by atoms with Gasteiger partial charge in [-0.2, -0.15) is 0 Å². The van der Waals surface area contributed by atoms with Crippen LogP contribution in [-0.2, 0) is 9.53 Å². The Morgan fingerprint density at radius 2 is 2.11 bits per heavy atom. The number of rotatable bonds is 5. The van der Waals surface area contributed by atoms with Crippen LogP contribution >= 0.6 is 0 Å². The molecule has 0 aliphatic carbocycles. The van der Waals surface area contributed by atoms with Crippen molar-refractivity contribution in [2.75, 3.05) is 6.61 Å². The molecule has 2 aromatic rings. The van der Waals surface area contributed by atoms with Gasteiger partial charge >= 0.3 is 5.63 Å². The molecule has 5 nitrogen and oxygen atoms in total. The molecule has 0 saturated heterocycles. The SMILES string of the molecule is CCOC(C=O)Oc1ccc2ccc(=O)oc2c1. The topological polar surface area (TPSA) is 65.7 Å². The average Bonchev–Trinajstić information content (AvgIpc) is 2.37. The van der Waals surface area contributed by atoms with Gasteiger partial charge in [0, 0.05) is 24.1 Å². The molecule has 2 rings (SSSR count). The Labute approximate surface area is 103 Å². The first kappa shape index (κ1) is 12.3. The average molecular weight is 248 g/mol. The van der Waals surface area contributed by atoms with Gasteiger partial charge in [-0.3, -0.25) is 4.79 Å². The fourth-order valence-electron chi connectivity index (χ4n) is 1.51. The number of aldehydes is 1. The molecule has 0 saturated carbocycles. The molecule has 0 amide bonds. The van der Waals surface area contributed by atoms with Gasteiger partial charge in [0.05, 0.1) is 0 Å². The van der Waals surface area contributed by atoms with E-state index in [9.17, 15) is 9.59 Å². The maximum atomic E-state index is 11.1. The summed E-state index contributed by atoms with van der Waals surface area (Å²) in [5, 5.41) is 0.779. The molecule has 0 aliphatic heterocycles. The molecule has 1 heterocycles. The molecule has 18 heavy (non-hydrogen) atoms. The Kier molecular flexibility index (Phi) is 3.74. The Hall–Kier alpha value is -2.14. The summed E-state index contributed by atoms with van der Waals surface area (Å²) in [6.07, 6.45) is -0.391. The van der Waals surface area contributed by atoms with Gasteiger partial charge in [-0.15, -0.1) is 0 Å². The standard InChI is InChI=1S/C13H12O5/c1-2-16-13(8-14)17-10-5-3-9-4-6-12(15)18-11(9)7-10/h3-8,13H,2H2,1H3. The Morgan fingerprint density at radius 1 is 1.33 bits per heavy atom. The van der Waals surface area contributed by atoms with Crippen molar-refractivity contribution in [2.45, 2.75) is 13.2 Å². The van der Waals surface area contributed by atoms with E-state index >= 15 is 0 Å². The van der Waals surface area contributed by atoms with Crippen LogP contribution in [0.4, 0.5) is 0 Å². The lowest BCUT2D eigenvalue weighted by Crippen LogP contribution is -2.21. The number of carbonyl (C=O) groups excluding carboxylic acids is 1. The molecule has 0 fully saturated rings. The molecule has 0 aliphatic rings. The summed E-state index contributed by atoms with van der Waals surface area (Å²) in [6, 6.07) is 7.97. The predicted octanol–water partition coefficient (Wildman–Crippen LogP) is 1.73. The summed E-state index contributed by atoms with van der Waals surface area (Å²) in [6.45, 7) is 2.13. The Balaban J connectivity index is 2.28. The van der Waals surface area contributed by atoms with Gasteiger partial charge in [0.15, 0.2) is 6.29 Å². The van der Waals surface area contributed by atoms with Crippen LogP contribution in [0, 0.1) is 0 Å². The van der Waals surface area contributed by atoms with Crippen LogP contribution in [0.5, 0.6) is 5.75 Å². The maximum Gasteiger partial charge on any atom is 0.336 e. The molecular weight excluding hydrogens is 236 g/mol. The monoisotopic (exact) mass is 248 g/mol. The summed E-state index contributed by atoms with van der Waals surface area (Å²) in [4.78, 5) is 21.8. The second-order valence-corrected chi connectivity index (χ2v) is 3.53. The molecule has 1 aromatic carbocycles. The number of benzene rings is 1. The van der Waals surface area contributed by atoms with E-state index in [1.807, 2.05) is 0 Å². The summed E-state index contributed by atoms with van der Waals surface area (Å²) in [5.74, 6) is 0.405. The highest BCUT2D eigenvalue weighted by Gasteiger charge is 2.09. The van der Waals surface area contributed by atoms with E-state index in [-0.39, 0.29) is 0 Å². The lowest BCUT2D eigenvalue weighted by molar-refractivity contribution is -0.136. The van der Waals surface area contributed by atoms with Gasteiger partial charge in [-0.25, -0.2) is 4.79 Å². The van der Waals surface area contributed by atoms with E-state index < -0.39 is 11.9 Å². The van der Waals surface area contributed by atoms with Crippen LogP contribution < -0.4 is 10.4 Å². The molecular formula is C13H12O5. The fourth-order valence-corrected chi connectivity index (χ4v) is 1.51. The van der Waals surface area contributed by atoms with E-state index in [0.29, 0.717) is 24.2 Å². The first-order chi connectivity index (χ1) is 8.72. The van der Waals surface area contributed by atoms with Crippen molar-refractivity contribution in [1.82, 2.24) is 0 Å². The molecule has 1 aromatic heterocycles. The van der Waals surface area contributed by atoms with Crippen LogP contribution in [-0.4, -0.2) is 19.2 Å². The van der Waals surface area contributed by atoms with E-state index in [1.54, 1.807) is 31.2 Å². The summed E-state index contributed by atoms with van der Waals surface area (Å²) < 4.78 is 15.4. The van der Waals surface area contributed by atoms with Gasteiger partial charge in [-0.1, -0.05) is 0 Å². The quantitative estimate of drug-likeness (QED) is 0.458. The van der Waals surface area contributed by atoms with Gasteiger partial charge in [0.2, 0.25) is 0 Å². The highest BCUT2D eigenvalue weighted by atomic mass is 16.7. The molecule has 1 atom stereocenters. The van der Waals surface area contributed by atoms with E-state index in [1.165, 1.54) is 6.07 Å². The highest BCUT2D eigenvalue weighted by Crippen LogP contribution is 2.20. The minimum absolute atomic E-state index is 0.367. The number of ether oxygens (including phenoxy) is 2. The van der Waals surface area contributed by atoms with Crippen LogP contribution in [0.3, 0.4) is 0 Å². The fraction of sp³-hybridized carbons (Fsp3) is 0.231. The zero-order valence-corrected chi connectivity index (χ0v) is 9.79. The summed E-state index contributed by atoms with van der Waals surface area (Å²) >= 11 is 0. The number of carbonyl (C=O) groups is 1. The summed E-state index contributed by atoms with van der Waals surface area (Å²) in [5.41, 5.74) is -0.0301. The number of hydrogen-bond donors (Lipinski definition) is 0. The van der Waals surface area contributed by atoms with Crippen molar-refractivity contribution < 1.29 is 18.7 Å². The van der Waals surface area contributed by atoms with Gasteiger partial charge in [0.25, 0.3) is 6.29 Å². The number of fused-ring (bicyclic) bond motifs is 1. The van der Waals surface area contributed by atoms with E-state index in [0.717, 1.165) is 5.39 Å². The molecule has 0 spiro atoms. The van der Waals surface area contributed by atoms with Crippen molar-refractivity contribution in [3.8, 4) is 5.75 Å². The van der Waals surface area contributed by atoms with Crippen molar-refractivity contribution >= 4 is 17.3 Å². The predicted molar refractivity (Wildman–Crippen MR) is 64.6 cm³/mol. The van der Waals surface area contributed by atoms with Crippen LogP contribution in [0.1, 0.15) is 6.92 Å². The van der Waals surface area contributed by atoms with E-state index in [2.05, 4.69) is 0 Å². The zero-order chi connectivity index (χ0) is 13.0. The van der Waals surface area contributed by atoms with Crippen molar-refractivity contribution in [3.63, 3.8) is 0 Å². The molecule has 0 bridgehead atoms. The van der Waals surface area contributed by atoms with Crippen molar-refractivity contribution in [3.05, 3.63) is 40.8 Å². The molecule has 0 radical (unpaired) electrons. The minimum Gasteiger partial charge on any atom is -0.458 e.